The third-order valence-electron chi connectivity index (χ3n) is 3.16. The summed E-state index contributed by atoms with van der Waals surface area (Å²) >= 11 is 0. The molecular formula is C13H23NO3Si. The van der Waals surface area contributed by atoms with E-state index < -0.39 is 8.80 Å². The van der Waals surface area contributed by atoms with E-state index in [-0.39, 0.29) is 6.04 Å². The summed E-state index contributed by atoms with van der Waals surface area (Å²) in [5.41, 5.74) is 7.31. The van der Waals surface area contributed by atoms with Gasteiger partial charge in [-0.1, -0.05) is 30.3 Å². The lowest BCUT2D eigenvalue weighted by Gasteiger charge is -2.24. The molecule has 0 aromatic heterocycles. The monoisotopic (exact) mass is 269 g/mol. The first kappa shape index (κ1) is 15.3. The lowest BCUT2D eigenvalue weighted by Crippen LogP contribution is -2.42. The van der Waals surface area contributed by atoms with Gasteiger partial charge in [0.15, 0.2) is 0 Å². The highest BCUT2D eigenvalue weighted by Gasteiger charge is 2.36. The van der Waals surface area contributed by atoms with E-state index in [4.69, 9.17) is 19.0 Å². The zero-order valence-corrected chi connectivity index (χ0v) is 12.4. The molecule has 0 fully saturated rings. The zero-order valence-electron chi connectivity index (χ0n) is 11.4. The Morgan fingerprint density at radius 3 is 2.11 bits per heavy atom. The average molecular weight is 269 g/mol. The number of hydrogen-bond donors (Lipinski definition) is 1. The largest absolute Gasteiger partial charge is 0.500 e. The average Bonchev–Trinajstić information content (AvgIpc) is 2.45. The van der Waals surface area contributed by atoms with Gasteiger partial charge in [-0.25, -0.2) is 0 Å². The fraction of sp³-hybridized carbons (Fsp3) is 0.538. The van der Waals surface area contributed by atoms with Crippen molar-refractivity contribution in [1.82, 2.24) is 0 Å². The van der Waals surface area contributed by atoms with Crippen LogP contribution in [-0.4, -0.2) is 30.1 Å². The van der Waals surface area contributed by atoms with E-state index in [1.807, 2.05) is 18.2 Å². The van der Waals surface area contributed by atoms with Crippen LogP contribution in [0.25, 0.3) is 0 Å². The third kappa shape index (κ3) is 4.19. The van der Waals surface area contributed by atoms with Crippen molar-refractivity contribution in [2.45, 2.75) is 24.9 Å². The molecule has 0 aliphatic carbocycles. The molecule has 0 saturated heterocycles. The van der Waals surface area contributed by atoms with Crippen molar-refractivity contribution in [3.63, 3.8) is 0 Å². The van der Waals surface area contributed by atoms with Crippen LogP contribution in [0.15, 0.2) is 30.3 Å². The second-order valence-electron chi connectivity index (χ2n) is 4.20. The Morgan fingerprint density at radius 2 is 1.61 bits per heavy atom. The highest BCUT2D eigenvalue weighted by atomic mass is 28.4. The van der Waals surface area contributed by atoms with Crippen LogP contribution in [0.3, 0.4) is 0 Å². The lowest BCUT2D eigenvalue weighted by atomic mass is 10.0. The number of nitrogens with two attached hydrogens (primary N) is 1. The SMILES string of the molecule is CO[Si](CCCC(N)c1ccccc1)(OC)OC. The molecule has 0 bridgehead atoms. The Kier molecular flexibility index (Phi) is 6.52. The van der Waals surface area contributed by atoms with Gasteiger partial charge in [-0.15, -0.1) is 0 Å². The Bertz CT molecular complexity index is 322. The first-order valence-corrected chi connectivity index (χ1v) is 8.06. The number of hydrogen-bond acceptors (Lipinski definition) is 4. The molecule has 0 heterocycles. The van der Waals surface area contributed by atoms with Crippen LogP contribution in [0.5, 0.6) is 0 Å². The summed E-state index contributed by atoms with van der Waals surface area (Å²) in [6, 6.07) is 11.0. The van der Waals surface area contributed by atoms with Crippen LogP contribution < -0.4 is 5.73 Å². The third-order valence-corrected chi connectivity index (χ3v) is 5.99. The van der Waals surface area contributed by atoms with Gasteiger partial charge in [0.05, 0.1) is 0 Å². The first-order chi connectivity index (χ1) is 8.67. The van der Waals surface area contributed by atoms with Gasteiger partial charge in [0.25, 0.3) is 0 Å². The molecule has 0 saturated carbocycles. The van der Waals surface area contributed by atoms with E-state index in [0.29, 0.717) is 0 Å². The summed E-state index contributed by atoms with van der Waals surface area (Å²) in [5.74, 6) is 0. The summed E-state index contributed by atoms with van der Waals surface area (Å²) in [7, 11) is 2.47. The van der Waals surface area contributed by atoms with Gasteiger partial charge < -0.3 is 19.0 Å². The maximum atomic E-state index is 6.14. The van der Waals surface area contributed by atoms with Crippen molar-refractivity contribution in [2.75, 3.05) is 21.3 Å². The van der Waals surface area contributed by atoms with Crippen molar-refractivity contribution >= 4 is 8.80 Å². The van der Waals surface area contributed by atoms with Gasteiger partial charge in [0.1, 0.15) is 0 Å². The van der Waals surface area contributed by atoms with Crippen LogP contribution in [0.4, 0.5) is 0 Å². The molecule has 0 spiro atoms. The van der Waals surface area contributed by atoms with E-state index in [1.165, 1.54) is 0 Å². The van der Waals surface area contributed by atoms with Crippen LogP contribution in [-0.2, 0) is 13.3 Å². The second-order valence-corrected chi connectivity index (χ2v) is 7.30. The molecule has 1 aromatic carbocycles. The molecule has 5 heteroatoms. The Labute approximate surface area is 110 Å². The normalized spacial score (nSPS) is 13.6. The van der Waals surface area contributed by atoms with Gasteiger partial charge in [0, 0.05) is 33.4 Å². The molecule has 2 N–H and O–H groups in total. The van der Waals surface area contributed by atoms with Crippen molar-refractivity contribution in [2.24, 2.45) is 5.73 Å². The summed E-state index contributed by atoms with van der Waals surface area (Å²) in [4.78, 5) is 0. The summed E-state index contributed by atoms with van der Waals surface area (Å²) in [6.45, 7) is 0. The highest BCUT2D eigenvalue weighted by Crippen LogP contribution is 2.21. The predicted octanol–water partition coefficient (Wildman–Crippen LogP) is 2.34. The molecule has 1 rings (SSSR count). The van der Waals surface area contributed by atoms with Gasteiger partial charge >= 0.3 is 8.80 Å². The minimum atomic E-state index is -2.44. The Balaban J connectivity index is 2.42. The molecule has 1 unspecified atom stereocenters. The minimum absolute atomic E-state index is 0.0588. The fourth-order valence-corrected chi connectivity index (χ4v) is 3.71. The van der Waals surface area contributed by atoms with Gasteiger partial charge in [0.2, 0.25) is 0 Å². The Morgan fingerprint density at radius 1 is 1.06 bits per heavy atom. The summed E-state index contributed by atoms with van der Waals surface area (Å²) in [6.07, 6.45) is 1.83. The smallest absolute Gasteiger partial charge is 0.377 e. The molecule has 102 valence electrons. The molecule has 0 radical (unpaired) electrons. The van der Waals surface area contributed by atoms with E-state index in [1.54, 1.807) is 21.3 Å². The molecule has 0 aliphatic rings. The molecule has 1 aromatic rings. The standard InChI is InChI=1S/C13H23NO3Si/c1-15-18(16-2,17-3)11-7-10-13(14)12-8-5-4-6-9-12/h4-6,8-9,13H,7,10-11,14H2,1-3H3. The van der Waals surface area contributed by atoms with Crippen LogP contribution in [0.2, 0.25) is 6.04 Å². The van der Waals surface area contributed by atoms with Gasteiger partial charge in [-0.2, -0.15) is 0 Å². The topological polar surface area (TPSA) is 53.7 Å². The molecule has 18 heavy (non-hydrogen) atoms. The minimum Gasteiger partial charge on any atom is -0.377 e. The first-order valence-electron chi connectivity index (χ1n) is 6.13. The summed E-state index contributed by atoms with van der Waals surface area (Å²) in [5, 5.41) is 0. The van der Waals surface area contributed by atoms with Crippen LogP contribution in [0.1, 0.15) is 24.4 Å². The predicted molar refractivity (Wildman–Crippen MR) is 74.2 cm³/mol. The van der Waals surface area contributed by atoms with Crippen LogP contribution in [0, 0.1) is 0 Å². The fourth-order valence-electron chi connectivity index (χ4n) is 1.96. The van der Waals surface area contributed by atoms with Crippen molar-refractivity contribution < 1.29 is 13.3 Å². The zero-order chi connectivity index (χ0) is 13.4. The van der Waals surface area contributed by atoms with Gasteiger partial charge in [-0.3, -0.25) is 0 Å². The van der Waals surface area contributed by atoms with Crippen molar-refractivity contribution in [1.29, 1.82) is 0 Å². The van der Waals surface area contributed by atoms with Crippen LogP contribution >= 0.6 is 0 Å². The highest BCUT2D eigenvalue weighted by molar-refractivity contribution is 6.60. The molecule has 1 atom stereocenters. The van der Waals surface area contributed by atoms with E-state index >= 15 is 0 Å². The number of rotatable bonds is 8. The van der Waals surface area contributed by atoms with E-state index in [0.717, 1.165) is 24.4 Å². The maximum absolute atomic E-state index is 6.14. The van der Waals surface area contributed by atoms with Crippen molar-refractivity contribution in [3.05, 3.63) is 35.9 Å². The second kappa shape index (κ2) is 7.65. The molecular weight excluding hydrogens is 246 g/mol. The lowest BCUT2D eigenvalue weighted by molar-refractivity contribution is 0.122. The molecule has 4 nitrogen and oxygen atoms in total. The van der Waals surface area contributed by atoms with Gasteiger partial charge in [-0.05, 0) is 18.4 Å². The maximum Gasteiger partial charge on any atom is 0.500 e. The molecule has 0 aliphatic heterocycles. The van der Waals surface area contributed by atoms with Crippen molar-refractivity contribution in [3.8, 4) is 0 Å². The van der Waals surface area contributed by atoms with E-state index in [2.05, 4.69) is 12.1 Å². The van der Waals surface area contributed by atoms with E-state index in [9.17, 15) is 0 Å². The molecule has 0 amide bonds. The summed E-state index contributed by atoms with van der Waals surface area (Å²) < 4.78 is 16.1. The number of benzene rings is 1. The Hall–Kier alpha value is -0.723. The quantitative estimate of drug-likeness (QED) is 0.736.